The van der Waals surface area contributed by atoms with Crippen molar-refractivity contribution in [1.82, 2.24) is 15.6 Å². The number of nitrogens with one attached hydrogen (secondary N) is 2. The molecular formula is C18H21N3O3. The number of amides is 2. The maximum Gasteiger partial charge on any atom is 0.251 e. The second kappa shape index (κ2) is 8.67. The Morgan fingerprint density at radius 3 is 2.54 bits per heavy atom. The van der Waals surface area contributed by atoms with Gasteiger partial charge in [0.15, 0.2) is 0 Å². The summed E-state index contributed by atoms with van der Waals surface area (Å²) in [6, 6.07) is 10.6. The third-order valence-corrected chi connectivity index (χ3v) is 3.10. The zero-order valence-corrected chi connectivity index (χ0v) is 13.8. The molecule has 1 heterocycles. The first kappa shape index (κ1) is 17.5. The molecule has 0 unspecified atom stereocenters. The van der Waals surface area contributed by atoms with Crippen LogP contribution in [0.2, 0.25) is 0 Å². The van der Waals surface area contributed by atoms with Crippen LogP contribution in [-0.4, -0.2) is 29.4 Å². The van der Waals surface area contributed by atoms with Crippen LogP contribution in [0.3, 0.4) is 0 Å². The monoisotopic (exact) mass is 327 g/mol. The molecule has 0 radical (unpaired) electrons. The molecular weight excluding hydrogens is 306 g/mol. The van der Waals surface area contributed by atoms with E-state index in [-0.39, 0.29) is 24.4 Å². The molecule has 2 amide bonds. The number of hydrogen-bond acceptors (Lipinski definition) is 4. The highest BCUT2D eigenvalue weighted by Crippen LogP contribution is 2.14. The number of ether oxygens (including phenoxy) is 1. The van der Waals surface area contributed by atoms with E-state index in [1.54, 1.807) is 36.7 Å². The predicted molar refractivity (Wildman–Crippen MR) is 90.6 cm³/mol. The van der Waals surface area contributed by atoms with E-state index in [9.17, 15) is 9.59 Å². The molecule has 2 N–H and O–H groups in total. The first-order chi connectivity index (χ1) is 11.5. The maximum absolute atomic E-state index is 12.0. The number of aromatic nitrogens is 1. The minimum atomic E-state index is -0.298. The molecule has 0 fully saturated rings. The fourth-order valence-electron chi connectivity index (χ4n) is 1.99. The third kappa shape index (κ3) is 5.72. The van der Waals surface area contributed by atoms with E-state index in [0.29, 0.717) is 17.9 Å². The Hall–Kier alpha value is -2.89. The summed E-state index contributed by atoms with van der Waals surface area (Å²) in [4.78, 5) is 27.5. The highest BCUT2D eigenvalue weighted by Gasteiger charge is 2.09. The van der Waals surface area contributed by atoms with Crippen LogP contribution in [0, 0.1) is 0 Å². The van der Waals surface area contributed by atoms with Gasteiger partial charge in [0, 0.05) is 29.6 Å². The van der Waals surface area contributed by atoms with Crippen molar-refractivity contribution in [3.63, 3.8) is 0 Å². The van der Waals surface area contributed by atoms with Crippen molar-refractivity contribution < 1.29 is 14.3 Å². The molecule has 0 aliphatic carbocycles. The molecule has 0 aliphatic heterocycles. The Bertz CT molecular complexity index is 670. The van der Waals surface area contributed by atoms with E-state index in [1.807, 2.05) is 26.0 Å². The first-order valence-electron chi connectivity index (χ1n) is 7.74. The van der Waals surface area contributed by atoms with Crippen LogP contribution in [-0.2, 0) is 11.4 Å². The second-order valence-corrected chi connectivity index (χ2v) is 5.58. The summed E-state index contributed by atoms with van der Waals surface area (Å²) >= 11 is 0. The summed E-state index contributed by atoms with van der Waals surface area (Å²) in [5.74, 6) is 0.149. The lowest BCUT2D eigenvalue weighted by Gasteiger charge is -2.10. The molecule has 0 spiro atoms. The van der Waals surface area contributed by atoms with Crippen molar-refractivity contribution in [2.45, 2.75) is 26.5 Å². The lowest BCUT2D eigenvalue weighted by atomic mass is 10.2. The van der Waals surface area contributed by atoms with Gasteiger partial charge in [-0.25, -0.2) is 0 Å². The lowest BCUT2D eigenvalue weighted by Crippen LogP contribution is -2.39. The average molecular weight is 327 g/mol. The van der Waals surface area contributed by atoms with Gasteiger partial charge in [-0.05, 0) is 44.2 Å². The molecule has 1 aromatic heterocycles. The molecule has 0 saturated heterocycles. The van der Waals surface area contributed by atoms with Crippen molar-refractivity contribution in [2.75, 3.05) is 6.54 Å². The number of pyridine rings is 1. The van der Waals surface area contributed by atoms with E-state index in [1.165, 1.54) is 0 Å². The lowest BCUT2D eigenvalue weighted by molar-refractivity contribution is -0.120. The third-order valence-electron chi connectivity index (χ3n) is 3.10. The summed E-state index contributed by atoms with van der Waals surface area (Å²) in [5.41, 5.74) is 1.44. The standard InChI is InChI=1S/C18H21N3O3/c1-13(2)21-17(22)11-20-18(23)15-5-7-16(8-6-15)24-12-14-4-3-9-19-10-14/h3-10,13H,11-12H2,1-2H3,(H,20,23)(H,21,22). The highest BCUT2D eigenvalue weighted by molar-refractivity contribution is 5.96. The first-order valence-corrected chi connectivity index (χ1v) is 7.74. The molecule has 0 saturated carbocycles. The predicted octanol–water partition coefficient (Wildman–Crippen LogP) is 1.91. The highest BCUT2D eigenvalue weighted by atomic mass is 16.5. The van der Waals surface area contributed by atoms with Gasteiger partial charge < -0.3 is 15.4 Å². The quantitative estimate of drug-likeness (QED) is 0.814. The number of hydrogen-bond donors (Lipinski definition) is 2. The normalized spacial score (nSPS) is 10.3. The van der Waals surface area contributed by atoms with E-state index in [0.717, 1.165) is 5.56 Å². The molecule has 6 nitrogen and oxygen atoms in total. The van der Waals surface area contributed by atoms with Crippen LogP contribution in [0.1, 0.15) is 29.8 Å². The molecule has 24 heavy (non-hydrogen) atoms. The van der Waals surface area contributed by atoms with Crippen molar-refractivity contribution in [1.29, 1.82) is 0 Å². The fraction of sp³-hybridized carbons (Fsp3) is 0.278. The Morgan fingerprint density at radius 2 is 1.92 bits per heavy atom. The van der Waals surface area contributed by atoms with E-state index in [4.69, 9.17) is 4.74 Å². The van der Waals surface area contributed by atoms with Crippen molar-refractivity contribution in [3.8, 4) is 5.75 Å². The van der Waals surface area contributed by atoms with E-state index in [2.05, 4.69) is 15.6 Å². The van der Waals surface area contributed by atoms with Crippen LogP contribution in [0.15, 0.2) is 48.8 Å². The Kier molecular flexibility index (Phi) is 6.31. The van der Waals surface area contributed by atoms with Gasteiger partial charge in [0.1, 0.15) is 12.4 Å². The molecule has 2 aromatic rings. The number of rotatable bonds is 7. The topological polar surface area (TPSA) is 80.3 Å². The van der Waals surface area contributed by atoms with Gasteiger partial charge in [0.25, 0.3) is 5.91 Å². The minimum absolute atomic E-state index is 0.0454. The van der Waals surface area contributed by atoms with Crippen LogP contribution in [0.5, 0.6) is 5.75 Å². The Morgan fingerprint density at radius 1 is 1.17 bits per heavy atom. The van der Waals surface area contributed by atoms with Crippen molar-refractivity contribution >= 4 is 11.8 Å². The van der Waals surface area contributed by atoms with Crippen LogP contribution in [0.25, 0.3) is 0 Å². The number of benzene rings is 1. The molecule has 0 atom stereocenters. The van der Waals surface area contributed by atoms with Crippen LogP contribution < -0.4 is 15.4 Å². The van der Waals surface area contributed by atoms with Gasteiger partial charge in [0.05, 0.1) is 6.54 Å². The molecule has 6 heteroatoms. The zero-order chi connectivity index (χ0) is 17.4. The van der Waals surface area contributed by atoms with Gasteiger partial charge in [-0.2, -0.15) is 0 Å². The SMILES string of the molecule is CC(C)NC(=O)CNC(=O)c1ccc(OCc2cccnc2)cc1. The van der Waals surface area contributed by atoms with Crippen molar-refractivity contribution in [3.05, 3.63) is 59.9 Å². The summed E-state index contributed by atoms with van der Waals surface area (Å²) in [7, 11) is 0. The Labute approximate surface area is 141 Å². The summed E-state index contributed by atoms with van der Waals surface area (Å²) in [6.45, 7) is 4.10. The number of nitrogens with zero attached hydrogens (tertiary/aromatic N) is 1. The number of carbonyl (C=O) groups is 2. The van der Waals surface area contributed by atoms with Crippen LogP contribution in [0.4, 0.5) is 0 Å². The minimum Gasteiger partial charge on any atom is -0.489 e. The Balaban J connectivity index is 1.82. The summed E-state index contributed by atoms with van der Waals surface area (Å²) in [5, 5.41) is 5.29. The summed E-state index contributed by atoms with van der Waals surface area (Å²) in [6.07, 6.45) is 3.45. The van der Waals surface area contributed by atoms with Gasteiger partial charge >= 0.3 is 0 Å². The molecule has 126 valence electrons. The van der Waals surface area contributed by atoms with Gasteiger partial charge in [-0.3, -0.25) is 14.6 Å². The molecule has 2 rings (SSSR count). The molecule has 0 bridgehead atoms. The van der Waals surface area contributed by atoms with Gasteiger partial charge in [-0.15, -0.1) is 0 Å². The summed E-state index contributed by atoms with van der Waals surface area (Å²) < 4.78 is 5.63. The van der Waals surface area contributed by atoms with Gasteiger partial charge in [-0.1, -0.05) is 6.07 Å². The largest absolute Gasteiger partial charge is 0.489 e. The fourth-order valence-corrected chi connectivity index (χ4v) is 1.99. The zero-order valence-electron chi connectivity index (χ0n) is 13.8. The average Bonchev–Trinajstić information content (AvgIpc) is 2.58. The van der Waals surface area contributed by atoms with Crippen LogP contribution >= 0.6 is 0 Å². The number of carbonyl (C=O) groups excluding carboxylic acids is 2. The second-order valence-electron chi connectivity index (χ2n) is 5.58. The maximum atomic E-state index is 12.0. The van der Waals surface area contributed by atoms with Gasteiger partial charge in [0.2, 0.25) is 5.91 Å². The van der Waals surface area contributed by atoms with E-state index >= 15 is 0 Å². The van der Waals surface area contributed by atoms with Crippen molar-refractivity contribution in [2.24, 2.45) is 0 Å². The van der Waals surface area contributed by atoms with E-state index < -0.39 is 0 Å². The smallest absolute Gasteiger partial charge is 0.251 e. The molecule has 1 aromatic carbocycles. The molecule has 0 aliphatic rings.